The molecule has 0 aliphatic carbocycles. The van der Waals surface area contributed by atoms with Crippen molar-refractivity contribution in [3.63, 3.8) is 0 Å². The number of rotatable bonds is 4. The van der Waals surface area contributed by atoms with Gasteiger partial charge in [0, 0.05) is 23.8 Å². The molecule has 1 saturated heterocycles. The first-order valence-electron chi connectivity index (χ1n) is 7.03. The van der Waals surface area contributed by atoms with E-state index in [1.54, 1.807) is 6.20 Å². The van der Waals surface area contributed by atoms with Gasteiger partial charge in [0.25, 0.3) is 5.91 Å². The van der Waals surface area contributed by atoms with Crippen LogP contribution in [0.15, 0.2) is 12.3 Å². The Bertz CT molecular complexity index is 625. The third-order valence-corrected chi connectivity index (χ3v) is 3.86. The van der Waals surface area contributed by atoms with E-state index in [1.807, 2.05) is 13.0 Å². The van der Waals surface area contributed by atoms with Gasteiger partial charge in [0.1, 0.15) is 0 Å². The second-order valence-corrected chi connectivity index (χ2v) is 5.35. The number of nitrogens with zero attached hydrogens (tertiary/aromatic N) is 2. The molecule has 3 N–H and O–H groups in total. The van der Waals surface area contributed by atoms with Crippen molar-refractivity contribution < 1.29 is 4.79 Å². The number of hydrogen-bond donors (Lipinski definition) is 3. The van der Waals surface area contributed by atoms with Crippen LogP contribution in [0.1, 0.15) is 28.9 Å². The molecule has 1 aliphatic rings. The Balaban J connectivity index is 0.00000121. The fraction of sp³-hybridized carbons (Fsp3) is 0.500. The maximum Gasteiger partial charge on any atom is 0.252 e. The van der Waals surface area contributed by atoms with Crippen molar-refractivity contribution in [1.29, 1.82) is 0 Å². The molecule has 0 aromatic carbocycles. The number of hydrogen-bond acceptors (Lipinski definition) is 4. The molecule has 1 atom stereocenters. The average molecular weight is 346 g/mol. The average Bonchev–Trinajstić information content (AvgIpc) is 3.09. The number of carbonyl (C=O) groups excluding carboxylic acids is 1. The first-order valence-corrected chi connectivity index (χ1v) is 7.03. The number of nitrogens with one attached hydrogen (secondary N) is 3. The normalized spacial score (nSPS) is 16.9. The number of aromatic amines is 1. The summed E-state index contributed by atoms with van der Waals surface area (Å²) in [5, 5.41) is 14.1. The fourth-order valence-corrected chi connectivity index (χ4v) is 2.60. The lowest BCUT2D eigenvalue weighted by atomic mass is 10.1. The largest absolute Gasteiger partial charge is 0.352 e. The van der Waals surface area contributed by atoms with E-state index in [0.717, 1.165) is 30.6 Å². The number of amides is 1. The zero-order valence-electron chi connectivity index (χ0n) is 12.4. The summed E-state index contributed by atoms with van der Waals surface area (Å²) in [5.41, 5.74) is 2.17. The van der Waals surface area contributed by atoms with Gasteiger partial charge in [0.05, 0.1) is 5.56 Å². The molecule has 0 spiro atoms. The van der Waals surface area contributed by atoms with Crippen LogP contribution in [0.2, 0.25) is 0 Å². The first kappa shape index (κ1) is 18.7. The zero-order chi connectivity index (χ0) is 13.9. The van der Waals surface area contributed by atoms with Gasteiger partial charge >= 0.3 is 0 Å². The molecule has 2 aromatic rings. The highest BCUT2D eigenvalue weighted by Gasteiger charge is 2.15. The SMILES string of the molecule is Cc1[nH]nc2ncc(C(=O)NCCC3CCNC3)cc12.Cl.Cl. The summed E-state index contributed by atoms with van der Waals surface area (Å²) in [6.45, 7) is 4.80. The number of aryl methyl sites for hydroxylation is 1. The molecule has 1 aliphatic heterocycles. The van der Waals surface area contributed by atoms with Crippen LogP contribution in [0, 0.1) is 12.8 Å². The highest BCUT2D eigenvalue weighted by molar-refractivity contribution is 5.97. The van der Waals surface area contributed by atoms with Gasteiger partial charge in [-0.25, -0.2) is 4.98 Å². The van der Waals surface area contributed by atoms with E-state index >= 15 is 0 Å². The Morgan fingerprint density at radius 3 is 3.00 bits per heavy atom. The van der Waals surface area contributed by atoms with Gasteiger partial charge in [-0.05, 0) is 44.8 Å². The van der Waals surface area contributed by atoms with Gasteiger partial charge in [0.2, 0.25) is 0 Å². The van der Waals surface area contributed by atoms with Crippen molar-refractivity contribution in [3.05, 3.63) is 23.5 Å². The third kappa shape index (κ3) is 4.09. The maximum absolute atomic E-state index is 12.1. The minimum Gasteiger partial charge on any atom is -0.352 e. The molecular weight excluding hydrogens is 325 g/mol. The quantitative estimate of drug-likeness (QED) is 0.789. The summed E-state index contributed by atoms with van der Waals surface area (Å²) in [4.78, 5) is 16.3. The predicted octanol–water partition coefficient (Wildman–Crippen LogP) is 1.84. The molecule has 1 amide bonds. The van der Waals surface area contributed by atoms with Gasteiger partial charge < -0.3 is 10.6 Å². The fourth-order valence-electron chi connectivity index (χ4n) is 2.60. The number of halogens is 2. The van der Waals surface area contributed by atoms with Gasteiger partial charge in [0.15, 0.2) is 5.65 Å². The Hall–Kier alpha value is -1.37. The molecule has 1 fully saturated rings. The second-order valence-electron chi connectivity index (χ2n) is 5.35. The van der Waals surface area contributed by atoms with Crippen molar-refractivity contribution in [1.82, 2.24) is 25.8 Å². The van der Waals surface area contributed by atoms with E-state index in [1.165, 1.54) is 6.42 Å². The molecule has 8 heteroatoms. The molecule has 22 heavy (non-hydrogen) atoms. The lowest BCUT2D eigenvalue weighted by Crippen LogP contribution is -2.26. The van der Waals surface area contributed by atoms with Crippen LogP contribution in [0.4, 0.5) is 0 Å². The number of aromatic nitrogens is 3. The van der Waals surface area contributed by atoms with Gasteiger partial charge in [-0.2, -0.15) is 5.10 Å². The van der Waals surface area contributed by atoms with Crippen molar-refractivity contribution in [2.45, 2.75) is 19.8 Å². The van der Waals surface area contributed by atoms with Crippen molar-refractivity contribution in [2.75, 3.05) is 19.6 Å². The minimum atomic E-state index is -0.0639. The van der Waals surface area contributed by atoms with Gasteiger partial charge in [-0.3, -0.25) is 9.89 Å². The van der Waals surface area contributed by atoms with Gasteiger partial charge in [-0.15, -0.1) is 24.8 Å². The molecule has 0 radical (unpaired) electrons. The topological polar surface area (TPSA) is 82.7 Å². The van der Waals surface area contributed by atoms with E-state index in [0.29, 0.717) is 23.7 Å². The Kier molecular flexibility index (Phi) is 7.06. The lowest BCUT2D eigenvalue weighted by molar-refractivity contribution is 0.0951. The van der Waals surface area contributed by atoms with E-state index in [4.69, 9.17) is 0 Å². The molecule has 0 saturated carbocycles. The maximum atomic E-state index is 12.1. The van der Waals surface area contributed by atoms with Crippen LogP contribution < -0.4 is 10.6 Å². The first-order chi connectivity index (χ1) is 9.74. The van der Waals surface area contributed by atoms with Crippen molar-refractivity contribution >= 4 is 41.8 Å². The summed E-state index contributed by atoms with van der Waals surface area (Å²) >= 11 is 0. The molecule has 0 bridgehead atoms. The minimum absolute atomic E-state index is 0. The molecule has 1 unspecified atom stereocenters. The van der Waals surface area contributed by atoms with Crippen LogP contribution in [0.3, 0.4) is 0 Å². The summed E-state index contributed by atoms with van der Waals surface area (Å²) in [5.74, 6) is 0.623. The standard InChI is InChI=1S/C14H19N5O.2ClH/c1-9-12-6-11(8-17-13(12)19-18-9)14(20)16-5-3-10-2-4-15-7-10;;/h6,8,10,15H,2-5,7H2,1H3,(H,16,20)(H,17,18,19);2*1H. The molecular formula is C14H21Cl2N5O. The predicted molar refractivity (Wildman–Crippen MR) is 91.0 cm³/mol. The molecule has 2 aromatic heterocycles. The number of fused-ring (bicyclic) bond motifs is 1. The smallest absolute Gasteiger partial charge is 0.252 e. The summed E-state index contributed by atoms with van der Waals surface area (Å²) < 4.78 is 0. The van der Waals surface area contributed by atoms with Crippen molar-refractivity contribution in [2.24, 2.45) is 5.92 Å². The lowest BCUT2D eigenvalue weighted by Gasteiger charge is -2.09. The number of pyridine rings is 1. The highest BCUT2D eigenvalue weighted by atomic mass is 35.5. The van der Waals surface area contributed by atoms with Crippen LogP contribution >= 0.6 is 24.8 Å². The third-order valence-electron chi connectivity index (χ3n) is 3.86. The van der Waals surface area contributed by atoms with E-state index < -0.39 is 0 Å². The van der Waals surface area contributed by atoms with Crippen LogP contribution in [-0.2, 0) is 0 Å². The van der Waals surface area contributed by atoms with Crippen molar-refractivity contribution in [3.8, 4) is 0 Å². The molecule has 6 nitrogen and oxygen atoms in total. The second kappa shape index (κ2) is 8.31. The number of carbonyl (C=O) groups is 1. The Morgan fingerprint density at radius 1 is 1.45 bits per heavy atom. The molecule has 122 valence electrons. The highest BCUT2D eigenvalue weighted by Crippen LogP contribution is 2.15. The van der Waals surface area contributed by atoms with E-state index in [-0.39, 0.29) is 30.7 Å². The summed E-state index contributed by atoms with van der Waals surface area (Å²) in [6.07, 6.45) is 3.81. The Morgan fingerprint density at radius 2 is 2.27 bits per heavy atom. The number of H-pyrrole nitrogens is 1. The molecule has 3 heterocycles. The van der Waals surface area contributed by atoms with Crippen LogP contribution in [-0.4, -0.2) is 40.7 Å². The summed E-state index contributed by atoms with van der Waals surface area (Å²) in [7, 11) is 0. The monoisotopic (exact) mass is 345 g/mol. The summed E-state index contributed by atoms with van der Waals surface area (Å²) in [6, 6.07) is 1.84. The van der Waals surface area contributed by atoms with Gasteiger partial charge in [-0.1, -0.05) is 0 Å². The van der Waals surface area contributed by atoms with Crippen LogP contribution in [0.25, 0.3) is 11.0 Å². The molecule has 3 rings (SSSR count). The van der Waals surface area contributed by atoms with E-state index in [2.05, 4.69) is 25.8 Å². The Labute approximate surface area is 141 Å². The van der Waals surface area contributed by atoms with E-state index in [9.17, 15) is 4.79 Å². The van der Waals surface area contributed by atoms with Crippen LogP contribution in [0.5, 0.6) is 0 Å². The zero-order valence-corrected chi connectivity index (χ0v) is 14.0.